The van der Waals surface area contributed by atoms with Crippen LogP contribution in [-0.2, 0) is 13.1 Å². The normalized spacial score (nSPS) is 21.8. The van der Waals surface area contributed by atoms with E-state index >= 15 is 0 Å². The molecule has 1 aliphatic carbocycles. The lowest BCUT2D eigenvalue weighted by Crippen LogP contribution is -2.46. The predicted molar refractivity (Wildman–Crippen MR) is 74.2 cm³/mol. The van der Waals surface area contributed by atoms with E-state index < -0.39 is 0 Å². The van der Waals surface area contributed by atoms with Gasteiger partial charge in [0.1, 0.15) is 5.82 Å². The van der Waals surface area contributed by atoms with E-state index in [-0.39, 0.29) is 12.4 Å². The maximum Gasteiger partial charge on any atom is 0.132 e. The fourth-order valence-corrected chi connectivity index (χ4v) is 2.88. The topological polar surface area (TPSA) is 32.5 Å². The average Bonchev–Trinajstić information content (AvgIpc) is 3.26. The molecule has 0 atom stereocenters. The summed E-state index contributed by atoms with van der Waals surface area (Å²) in [5, 5.41) is 0. The van der Waals surface area contributed by atoms with Crippen LogP contribution in [0.1, 0.15) is 24.0 Å². The first-order valence-corrected chi connectivity index (χ1v) is 7.20. The van der Waals surface area contributed by atoms with Crippen molar-refractivity contribution in [3.05, 3.63) is 35.1 Å². The molecule has 0 unspecified atom stereocenters. The lowest BCUT2D eigenvalue weighted by Gasteiger charge is -2.34. The van der Waals surface area contributed by atoms with Crippen molar-refractivity contribution in [2.24, 2.45) is 5.73 Å². The highest BCUT2D eigenvalue weighted by atomic mass is 19.1. The van der Waals surface area contributed by atoms with Crippen LogP contribution in [0.4, 0.5) is 4.39 Å². The van der Waals surface area contributed by atoms with E-state index in [2.05, 4.69) is 9.80 Å². The third-order valence-electron chi connectivity index (χ3n) is 4.24. The molecule has 2 fully saturated rings. The van der Waals surface area contributed by atoms with Crippen molar-refractivity contribution < 1.29 is 4.39 Å². The largest absolute Gasteiger partial charge is 0.326 e. The summed E-state index contributed by atoms with van der Waals surface area (Å²) >= 11 is 0. The molecule has 2 aliphatic rings. The van der Waals surface area contributed by atoms with E-state index in [1.54, 1.807) is 6.07 Å². The van der Waals surface area contributed by atoms with E-state index in [9.17, 15) is 4.39 Å². The number of hydrogen-bond acceptors (Lipinski definition) is 3. The fourth-order valence-electron chi connectivity index (χ4n) is 2.88. The monoisotopic (exact) mass is 263 g/mol. The molecule has 4 heteroatoms. The van der Waals surface area contributed by atoms with Gasteiger partial charge in [-0.3, -0.25) is 9.80 Å². The van der Waals surface area contributed by atoms with E-state index in [1.165, 1.54) is 12.8 Å². The number of hydrogen-bond donors (Lipinski definition) is 1. The maximum atomic E-state index is 14.1. The Morgan fingerprint density at radius 3 is 2.42 bits per heavy atom. The van der Waals surface area contributed by atoms with Crippen molar-refractivity contribution in [1.82, 2.24) is 9.80 Å². The Labute approximate surface area is 114 Å². The molecular formula is C15H22FN3. The van der Waals surface area contributed by atoms with Crippen molar-refractivity contribution in [3.8, 4) is 0 Å². The average molecular weight is 263 g/mol. The van der Waals surface area contributed by atoms with Crippen LogP contribution < -0.4 is 5.73 Å². The standard InChI is InChI=1S/C15H22FN3/c16-15-12(10-17)2-1-3-13(15)11-18-6-8-19(9-7-18)14-4-5-14/h1-3,14H,4-11,17H2. The molecule has 2 N–H and O–H groups in total. The fraction of sp³-hybridized carbons (Fsp3) is 0.600. The summed E-state index contributed by atoms with van der Waals surface area (Å²) in [6.45, 7) is 5.32. The van der Waals surface area contributed by atoms with Crippen molar-refractivity contribution in [2.75, 3.05) is 26.2 Å². The van der Waals surface area contributed by atoms with Gasteiger partial charge in [-0.2, -0.15) is 0 Å². The van der Waals surface area contributed by atoms with E-state index in [0.717, 1.165) is 37.8 Å². The molecule has 19 heavy (non-hydrogen) atoms. The highest BCUT2D eigenvalue weighted by molar-refractivity contribution is 5.25. The summed E-state index contributed by atoms with van der Waals surface area (Å²) in [5.41, 5.74) is 6.95. The van der Waals surface area contributed by atoms with Crippen LogP contribution in [0, 0.1) is 5.82 Å². The molecule has 0 bridgehead atoms. The molecule has 3 rings (SSSR count). The van der Waals surface area contributed by atoms with Gasteiger partial charge in [0, 0.05) is 56.4 Å². The first-order valence-electron chi connectivity index (χ1n) is 7.20. The van der Waals surface area contributed by atoms with Gasteiger partial charge in [0.25, 0.3) is 0 Å². The van der Waals surface area contributed by atoms with Gasteiger partial charge in [-0.15, -0.1) is 0 Å². The quantitative estimate of drug-likeness (QED) is 0.895. The summed E-state index contributed by atoms with van der Waals surface area (Å²) in [6.07, 6.45) is 2.74. The lowest BCUT2D eigenvalue weighted by atomic mass is 10.1. The minimum absolute atomic E-state index is 0.116. The van der Waals surface area contributed by atoms with Crippen LogP contribution in [0.5, 0.6) is 0 Å². The Kier molecular flexibility index (Phi) is 3.82. The summed E-state index contributed by atoms with van der Waals surface area (Å²) in [4.78, 5) is 4.92. The third-order valence-corrected chi connectivity index (χ3v) is 4.24. The molecule has 3 nitrogen and oxygen atoms in total. The molecule has 0 radical (unpaired) electrons. The molecule has 1 saturated carbocycles. The number of rotatable bonds is 4. The summed E-state index contributed by atoms with van der Waals surface area (Å²) in [6, 6.07) is 6.40. The zero-order valence-electron chi connectivity index (χ0n) is 11.3. The Hall–Kier alpha value is -0.970. The van der Waals surface area contributed by atoms with Crippen LogP contribution in [0.3, 0.4) is 0 Å². The lowest BCUT2D eigenvalue weighted by molar-refractivity contribution is 0.120. The zero-order chi connectivity index (χ0) is 13.2. The maximum absolute atomic E-state index is 14.1. The van der Waals surface area contributed by atoms with Crippen LogP contribution >= 0.6 is 0 Å². The number of benzene rings is 1. The molecule has 1 aromatic carbocycles. The van der Waals surface area contributed by atoms with Gasteiger partial charge in [-0.05, 0) is 12.8 Å². The second kappa shape index (κ2) is 5.57. The summed E-state index contributed by atoms with van der Waals surface area (Å²) in [5.74, 6) is -0.116. The van der Waals surface area contributed by atoms with Gasteiger partial charge in [0.2, 0.25) is 0 Å². The van der Waals surface area contributed by atoms with Crippen LogP contribution in [0.25, 0.3) is 0 Å². The molecule has 1 aromatic rings. The van der Waals surface area contributed by atoms with Gasteiger partial charge >= 0.3 is 0 Å². The van der Waals surface area contributed by atoms with Crippen LogP contribution in [0.15, 0.2) is 18.2 Å². The molecule has 104 valence electrons. The van der Waals surface area contributed by atoms with Crippen molar-refractivity contribution >= 4 is 0 Å². The summed E-state index contributed by atoms with van der Waals surface area (Å²) < 4.78 is 14.1. The SMILES string of the molecule is NCc1cccc(CN2CCN(C3CC3)CC2)c1F. The second-order valence-electron chi connectivity index (χ2n) is 5.64. The second-order valence-corrected chi connectivity index (χ2v) is 5.64. The zero-order valence-corrected chi connectivity index (χ0v) is 11.3. The summed E-state index contributed by atoms with van der Waals surface area (Å²) in [7, 11) is 0. The van der Waals surface area contributed by atoms with Gasteiger partial charge in [-0.25, -0.2) is 4.39 Å². The molecule has 1 aliphatic heterocycles. The molecule has 0 amide bonds. The Balaban J connectivity index is 1.59. The molecule has 1 saturated heterocycles. The first-order chi connectivity index (χ1) is 9.28. The van der Waals surface area contributed by atoms with Crippen molar-refractivity contribution in [3.63, 3.8) is 0 Å². The molecule has 1 heterocycles. The molecule has 0 spiro atoms. The minimum Gasteiger partial charge on any atom is -0.326 e. The Bertz CT molecular complexity index is 437. The van der Waals surface area contributed by atoms with Crippen LogP contribution in [-0.4, -0.2) is 42.0 Å². The Morgan fingerprint density at radius 2 is 1.79 bits per heavy atom. The van der Waals surface area contributed by atoms with Crippen molar-refractivity contribution in [1.29, 1.82) is 0 Å². The van der Waals surface area contributed by atoms with Crippen LogP contribution in [0.2, 0.25) is 0 Å². The predicted octanol–water partition coefficient (Wildman–Crippen LogP) is 1.56. The molecule has 0 aromatic heterocycles. The first kappa shape index (κ1) is 13.0. The van der Waals surface area contributed by atoms with Gasteiger partial charge < -0.3 is 5.73 Å². The number of piperazine rings is 1. The minimum atomic E-state index is -0.116. The Morgan fingerprint density at radius 1 is 1.11 bits per heavy atom. The van der Waals surface area contributed by atoms with Gasteiger partial charge in [-0.1, -0.05) is 18.2 Å². The highest BCUT2D eigenvalue weighted by Gasteiger charge is 2.31. The number of halogens is 1. The molecular weight excluding hydrogens is 241 g/mol. The van der Waals surface area contributed by atoms with Gasteiger partial charge in [0.15, 0.2) is 0 Å². The van der Waals surface area contributed by atoms with E-state index in [0.29, 0.717) is 12.1 Å². The van der Waals surface area contributed by atoms with E-state index in [1.807, 2.05) is 12.1 Å². The highest BCUT2D eigenvalue weighted by Crippen LogP contribution is 2.27. The van der Waals surface area contributed by atoms with Crippen molar-refractivity contribution in [2.45, 2.75) is 32.0 Å². The smallest absolute Gasteiger partial charge is 0.132 e. The third kappa shape index (κ3) is 2.96. The van der Waals surface area contributed by atoms with E-state index in [4.69, 9.17) is 5.73 Å². The number of nitrogens with zero attached hydrogens (tertiary/aromatic N) is 2. The van der Waals surface area contributed by atoms with Gasteiger partial charge in [0.05, 0.1) is 0 Å². The number of nitrogens with two attached hydrogens (primary N) is 1.